The molecule has 2 amide bonds. The van der Waals surface area contributed by atoms with Gasteiger partial charge < -0.3 is 19.7 Å². The third-order valence-electron chi connectivity index (χ3n) is 7.22. The maximum atomic E-state index is 13.8. The number of carbonyl (C=O) groups is 2. The number of hydrogen-bond donors (Lipinski definition) is 1. The van der Waals surface area contributed by atoms with Gasteiger partial charge in [0.25, 0.3) is 0 Å². The van der Waals surface area contributed by atoms with Crippen LogP contribution in [0.3, 0.4) is 0 Å². The van der Waals surface area contributed by atoms with Gasteiger partial charge in [-0.25, -0.2) is 8.42 Å². The van der Waals surface area contributed by atoms with E-state index in [0.717, 1.165) is 41.1 Å². The van der Waals surface area contributed by atoms with Gasteiger partial charge in [-0.1, -0.05) is 49.1 Å². The van der Waals surface area contributed by atoms with Crippen LogP contribution in [0.4, 0.5) is 5.69 Å². The van der Waals surface area contributed by atoms with E-state index >= 15 is 0 Å². The molecule has 1 aliphatic carbocycles. The fourth-order valence-corrected chi connectivity index (χ4v) is 5.86. The Bertz CT molecular complexity index is 1240. The van der Waals surface area contributed by atoms with Crippen LogP contribution in [0.25, 0.3) is 0 Å². The van der Waals surface area contributed by atoms with E-state index in [0.29, 0.717) is 17.2 Å². The van der Waals surface area contributed by atoms with Crippen molar-refractivity contribution in [1.29, 1.82) is 0 Å². The maximum absolute atomic E-state index is 13.8. The van der Waals surface area contributed by atoms with Crippen LogP contribution in [0.5, 0.6) is 11.5 Å². The standard InChI is InChI=1S/C28H37N3O6S/c1-4-38(34,35)31(24-14-15-25-26(16-24)37-19-36-25)18-27(32)30(17-22-12-10-20(2)11-13-22)21(3)28(33)29-23-8-6-5-7-9-23/h10-16,21,23H,4-9,17-19H2,1-3H3,(H,29,33)/t21-/m1/s1. The van der Waals surface area contributed by atoms with E-state index in [2.05, 4.69) is 5.32 Å². The Kier molecular flexibility index (Phi) is 8.81. The smallest absolute Gasteiger partial charge is 0.244 e. The lowest BCUT2D eigenvalue weighted by Gasteiger charge is -2.33. The van der Waals surface area contributed by atoms with Crippen molar-refractivity contribution in [2.75, 3.05) is 23.4 Å². The van der Waals surface area contributed by atoms with Crippen molar-refractivity contribution < 1.29 is 27.5 Å². The van der Waals surface area contributed by atoms with Crippen LogP contribution < -0.4 is 19.1 Å². The molecule has 1 saturated carbocycles. The van der Waals surface area contributed by atoms with E-state index in [9.17, 15) is 18.0 Å². The highest BCUT2D eigenvalue weighted by atomic mass is 32.2. The van der Waals surface area contributed by atoms with Crippen LogP contribution in [0.2, 0.25) is 0 Å². The first-order valence-corrected chi connectivity index (χ1v) is 14.8. The van der Waals surface area contributed by atoms with Gasteiger partial charge in [0.1, 0.15) is 12.6 Å². The molecule has 0 saturated heterocycles. The van der Waals surface area contributed by atoms with E-state index < -0.39 is 28.5 Å². The van der Waals surface area contributed by atoms with Crippen molar-refractivity contribution in [3.63, 3.8) is 0 Å². The largest absolute Gasteiger partial charge is 0.454 e. The summed E-state index contributed by atoms with van der Waals surface area (Å²) in [7, 11) is -3.82. The minimum Gasteiger partial charge on any atom is -0.454 e. The number of fused-ring (bicyclic) bond motifs is 1. The number of rotatable bonds is 10. The normalized spacial score (nSPS) is 16.1. The molecule has 2 aliphatic rings. The highest BCUT2D eigenvalue weighted by Gasteiger charge is 2.32. The molecule has 0 radical (unpaired) electrons. The Morgan fingerprint density at radius 1 is 1.03 bits per heavy atom. The zero-order chi connectivity index (χ0) is 27.3. The van der Waals surface area contributed by atoms with Crippen LogP contribution in [0.15, 0.2) is 42.5 Å². The van der Waals surface area contributed by atoms with E-state index in [1.54, 1.807) is 25.1 Å². The molecular formula is C28H37N3O6S. The highest BCUT2D eigenvalue weighted by Crippen LogP contribution is 2.36. The third-order valence-corrected chi connectivity index (χ3v) is 8.96. The van der Waals surface area contributed by atoms with E-state index in [1.165, 1.54) is 18.2 Å². The Balaban J connectivity index is 1.60. The molecule has 0 aromatic heterocycles. The Morgan fingerprint density at radius 2 is 1.71 bits per heavy atom. The summed E-state index contributed by atoms with van der Waals surface area (Å²) < 4.78 is 38.1. The number of benzene rings is 2. The van der Waals surface area contributed by atoms with Crippen LogP contribution in [0.1, 0.15) is 57.1 Å². The molecule has 0 unspecified atom stereocenters. The summed E-state index contributed by atoms with van der Waals surface area (Å²) >= 11 is 0. The quantitative estimate of drug-likeness (QED) is 0.490. The zero-order valence-corrected chi connectivity index (χ0v) is 23.1. The molecule has 0 spiro atoms. The van der Waals surface area contributed by atoms with Gasteiger partial charge in [0.2, 0.25) is 28.6 Å². The number of carbonyl (C=O) groups excluding carboxylic acids is 2. The second kappa shape index (κ2) is 12.1. The number of ether oxygens (including phenoxy) is 2. The Morgan fingerprint density at radius 3 is 2.39 bits per heavy atom. The first-order valence-electron chi connectivity index (χ1n) is 13.2. The van der Waals surface area contributed by atoms with Crippen molar-refractivity contribution in [2.24, 2.45) is 0 Å². The number of anilines is 1. The molecule has 1 aliphatic heterocycles. The molecule has 1 atom stereocenters. The summed E-state index contributed by atoms with van der Waals surface area (Å²) in [6, 6.07) is 11.8. The lowest BCUT2D eigenvalue weighted by Crippen LogP contribution is -2.53. The molecule has 1 N–H and O–H groups in total. The predicted octanol–water partition coefficient (Wildman–Crippen LogP) is 3.75. The van der Waals surface area contributed by atoms with Gasteiger partial charge >= 0.3 is 0 Å². The minimum atomic E-state index is -3.82. The second-order valence-corrected chi connectivity index (χ2v) is 12.2. The number of sulfonamides is 1. The second-order valence-electron chi connectivity index (χ2n) is 9.97. The summed E-state index contributed by atoms with van der Waals surface area (Å²) in [5, 5.41) is 3.11. The highest BCUT2D eigenvalue weighted by molar-refractivity contribution is 7.92. The van der Waals surface area contributed by atoms with E-state index in [1.807, 2.05) is 31.2 Å². The van der Waals surface area contributed by atoms with E-state index in [4.69, 9.17) is 9.47 Å². The first-order chi connectivity index (χ1) is 18.2. The average molecular weight is 544 g/mol. The van der Waals surface area contributed by atoms with E-state index in [-0.39, 0.29) is 31.0 Å². The summed E-state index contributed by atoms with van der Waals surface area (Å²) in [6.45, 7) is 5.00. The van der Waals surface area contributed by atoms with Gasteiger partial charge in [-0.2, -0.15) is 0 Å². The first kappa shape index (κ1) is 27.8. The molecule has 10 heteroatoms. The zero-order valence-electron chi connectivity index (χ0n) is 22.3. The van der Waals surface area contributed by atoms with Crippen LogP contribution in [0, 0.1) is 6.92 Å². The summed E-state index contributed by atoms with van der Waals surface area (Å²) in [5.41, 5.74) is 2.24. The lowest BCUT2D eigenvalue weighted by molar-refractivity contribution is -0.139. The number of aryl methyl sites for hydroxylation is 1. The van der Waals surface area contributed by atoms with Gasteiger partial charge in [0.05, 0.1) is 11.4 Å². The average Bonchev–Trinajstić information content (AvgIpc) is 3.39. The van der Waals surface area contributed by atoms with Gasteiger partial charge in [-0.15, -0.1) is 0 Å². The summed E-state index contributed by atoms with van der Waals surface area (Å²) in [6.07, 6.45) is 5.17. The molecule has 206 valence electrons. The van der Waals surface area contributed by atoms with Crippen LogP contribution >= 0.6 is 0 Å². The topological polar surface area (TPSA) is 105 Å². The van der Waals surface area contributed by atoms with Gasteiger partial charge in [-0.3, -0.25) is 13.9 Å². The number of nitrogens with zero attached hydrogens (tertiary/aromatic N) is 2. The van der Waals surface area contributed by atoms with Crippen molar-refractivity contribution in [3.05, 3.63) is 53.6 Å². The Hall–Kier alpha value is -3.27. The number of hydrogen-bond acceptors (Lipinski definition) is 6. The molecule has 9 nitrogen and oxygen atoms in total. The molecule has 2 aromatic rings. The summed E-state index contributed by atoms with van der Waals surface area (Å²) in [4.78, 5) is 28.6. The van der Waals surface area contributed by atoms with Gasteiger partial charge in [0.15, 0.2) is 11.5 Å². The molecule has 0 bridgehead atoms. The SMILES string of the molecule is CCS(=O)(=O)N(CC(=O)N(Cc1ccc(C)cc1)[C@H](C)C(=O)NC1CCCCC1)c1ccc2c(c1)OCO2. The molecular weight excluding hydrogens is 506 g/mol. The molecule has 38 heavy (non-hydrogen) atoms. The fraction of sp³-hybridized carbons (Fsp3) is 0.500. The lowest BCUT2D eigenvalue weighted by atomic mass is 9.95. The molecule has 2 aromatic carbocycles. The predicted molar refractivity (Wildman–Crippen MR) is 146 cm³/mol. The third kappa shape index (κ3) is 6.59. The minimum absolute atomic E-state index is 0.0518. The maximum Gasteiger partial charge on any atom is 0.244 e. The molecule has 1 fully saturated rings. The van der Waals surface area contributed by atoms with Gasteiger partial charge in [0, 0.05) is 18.7 Å². The fourth-order valence-electron chi connectivity index (χ4n) is 4.80. The number of amides is 2. The monoisotopic (exact) mass is 543 g/mol. The molecule has 4 rings (SSSR count). The van der Waals surface area contributed by atoms with Crippen molar-refractivity contribution >= 4 is 27.5 Å². The van der Waals surface area contributed by atoms with Gasteiger partial charge in [-0.05, 0) is 51.3 Å². The summed E-state index contributed by atoms with van der Waals surface area (Å²) in [5.74, 6) is 0.0486. The van der Waals surface area contributed by atoms with Crippen molar-refractivity contribution in [3.8, 4) is 11.5 Å². The number of nitrogens with one attached hydrogen (secondary N) is 1. The van der Waals surface area contributed by atoms with Crippen molar-refractivity contribution in [2.45, 2.75) is 71.5 Å². The van der Waals surface area contributed by atoms with Crippen molar-refractivity contribution in [1.82, 2.24) is 10.2 Å². The Labute approximate surface area is 225 Å². The van der Waals surface area contributed by atoms with Crippen LogP contribution in [-0.2, 0) is 26.2 Å². The molecule has 1 heterocycles. The van der Waals surface area contributed by atoms with Crippen LogP contribution in [-0.4, -0.2) is 56.3 Å².